The van der Waals surface area contributed by atoms with Crippen LogP contribution in [0.5, 0.6) is 0 Å². The van der Waals surface area contributed by atoms with Crippen LogP contribution in [0.3, 0.4) is 0 Å². The lowest BCUT2D eigenvalue weighted by atomic mass is 9.85. The number of nitro groups is 1. The highest BCUT2D eigenvalue weighted by Gasteiger charge is 2.41. The molecular formula is C14H23N3O6S. The van der Waals surface area contributed by atoms with Crippen molar-refractivity contribution in [2.75, 3.05) is 20.1 Å². The van der Waals surface area contributed by atoms with Crippen LogP contribution in [0.4, 0.5) is 0 Å². The lowest BCUT2D eigenvalue weighted by molar-refractivity contribution is -0.410. The summed E-state index contributed by atoms with van der Waals surface area (Å²) in [4.78, 5) is 34.0. The quantitative estimate of drug-likeness (QED) is 0.228. The van der Waals surface area contributed by atoms with E-state index in [2.05, 4.69) is 5.32 Å². The van der Waals surface area contributed by atoms with Crippen LogP contribution >= 0.6 is 11.8 Å². The number of aliphatic carboxylic acids is 2. The van der Waals surface area contributed by atoms with Gasteiger partial charge in [-0.15, -0.1) is 0 Å². The van der Waals surface area contributed by atoms with Crippen LogP contribution in [-0.2, 0) is 9.59 Å². The Morgan fingerprint density at radius 2 is 2.00 bits per heavy atom. The van der Waals surface area contributed by atoms with Crippen molar-refractivity contribution < 1.29 is 24.7 Å². The average Bonchev–Trinajstić information content (AvgIpc) is 2.85. The second-order valence-corrected chi connectivity index (χ2v) is 7.88. The fourth-order valence-electron chi connectivity index (χ4n) is 2.43. The molecule has 1 heterocycles. The predicted octanol–water partition coefficient (Wildman–Crippen LogP) is 1.39. The lowest BCUT2D eigenvalue weighted by Gasteiger charge is -2.29. The predicted molar refractivity (Wildman–Crippen MR) is 88.9 cm³/mol. The van der Waals surface area contributed by atoms with E-state index in [4.69, 9.17) is 10.2 Å². The summed E-state index contributed by atoms with van der Waals surface area (Å²) in [5.74, 6) is -2.67. The SMILES string of the molecule is CN(CCCCC(C)(C(=O)O)C(=O)O)CC1(C)NC=C([N+](=O)[O-])S1. The summed E-state index contributed by atoms with van der Waals surface area (Å²) in [7, 11) is 1.87. The van der Waals surface area contributed by atoms with E-state index in [-0.39, 0.29) is 11.4 Å². The molecule has 1 atom stereocenters. The molecule has 3 N–H and O–H groups in total. The Morgan fingerprint density at radius 1 is 1.42 bits per heavy atom. The van der Waals surface area contributed by atoms with Crippen molar-refractivity contribution >= 4 is 23.7 Å². The molecule has 0 amide bonds. The Labute approximate surface area is 144 Å². The summed E-state index contributed by atoms with van der Waals surface area (Å²) in [5.41, 5.74) is -1.77. The van der Waals surface area contributed by atoms with Gasteiger partial charge >= 0.3 is 17.0 Å². The number of hydrogen-bond donors (Lipinski definition) is 3. The van der Waals surface area contributed by atoms with Crippen molar-refractivity contribution in [2.45, 2.75) is 38.0 Å². The van der Waals surface area contributed by atoms with Gasteiger partial charge in [0.1, 0.15) is 4.87 Å². The molecule has 1 rings (SSSR count). The largest absolute Gasteiger partial charge is 0.480 e. The van der Waals surface area contributed by atoms with Crippen molar-refractivity contribution in [1.29, 1.82) is 0 Å². The average molecular weight is 361 g/mol. The fourth-order valence-corrected chi connectivity index (χ4v) is 3.49. The van der Waals surface area contributed by atoms with E-state index < -0.39 is 27.1 Å². The molecular weight excluding hydrogens is 338 g/mol. The Balaban J connectivity index is 2.37. The first-order valence-corrected chi connectivity index (χ1v) is 8.28. The van der Waals surface area contributed by atoms with Gasteiger partial charge in [0.2, 0.25) is 0 Å². The van der Waals surface area contributed by atoms with Crippen LogP contribution in [0.15, 0.2) is 11.2 Å². The van der Waals surface area contributed by atoms with Crippen molar-refractivity contribution in [2.24, 2.45) is 5.41 Å². The van der Waals surface area contributed by atoms with Crippen LogP contribution in [0.25, 0.3) is 0 Å². The van der Waals surface area contributed by atoms with Gasteiger partial charge in [0.25, 0.3) is 0 Å². The van der Waals surface area contributed by atoms with Gasteiger partial charge in [-0.1, -0.05) is 6.42 Å². The number of nitrogens with one attached hydrogen (secondary N) is 1. The van der Waals surface area contributed by atoms with E-state index >= 15 is 0 Å². The number of hydrogen-bond acceptors (Lipinski definition) is 7. The van der Waals surface area contributed by atoms with E-state index in [1.807, 2.05) is 18.9 Å². The van der Waals surface area contributed by atoms with Gasteiger partial charge in [-0.25, -0.2) is 0 Å². The molecule has 1 unspecified atom stereocenters. The van der Waals surface area contributed by atoms with E-state index in [0.29, 0.717) is 25.9 Å². The third kappa shape index (κ3) is 5.10. The molecule has 0 spiro atoms. The Kier molecular flexibility index (Phi) is 6.61. The van der Waals surface area contributed by atoms with Gasteiger partial charge in [-0.3, -0.25) is 19.7 Å². The molecule has 9 nitrogen and oxygen atoms in total. The molecule has 0 saturated carbocycles. The van der Waals surface area contributed by atoms with Crippen molar-refractivity contribution in [1.82, 2.24) is 10.2 Å². The van der Waals surface area contributed by atoms with Gasteiger partial charge in [-0.05, 0) is 52.0 Å². The molecule has 1 aliphatic heterocycles. The molecule has 0 aliphatic carbocycles. The summed E-state index contributed by atoms with van der Waals surface area (Å²) in [6, 6.07) is 0. The lowest BCUT2D eigenvalue weighted by Crippen LogP contribution is -2.43. The summed E-state index contributed by atoms with van der Waals surface area (Å²) in [5, 5.41) is 31.9. The number of carboxylic acids is 2. The summed E-state index contributed by atoms with van der Waals surface area (Å²) in [6.45, 7) is 4.28. The third-order valence-corrected chi connectivity index (χ3v) is 5.17. The topological polar surface area (TPSA) is 133 Å². The molecule has 24 heavy (non-hydrogen) atoms. The minimum absolute atomic E-state index is 0.0583. The van der Waals surface area contributed by atoms with Crippen LogP contribution in [0.2, 0.25) is 0 Å². The standard InChI is InChI=1S/C14H23N3O6S/c1-13(11(18)19,12(20)21)6-4-5-7-16(3)9-14(2)15-8-10(24-14)17(22)23/h8,15H,4-7,9H2,1-3H3,(H,18,19)(H,20,21). The third-order valence-electron chi connectivity index (χ3n) is 3.99. The fraction of sp³-hybridized carbons (Fsp3) is 0.714. The van der Waals surface area contributed by atoms with Gasteiger partial charge in [-0.2, -0.15) is 0 Å². The number of likely N-dealkylation sites (N-methyl/N-ethyl adjacent to an activating group) is 1. The highest BCUT2D eigenvalue weighted by Crippen LogP contribution is 2.35. The zero-order valence-corrected chi connectivity index (χ0v) is 14.8. The molecule has 0 fully saturated rings. The smallest absolute Gasteiger partial charge is 0.321 e. The van der Waals surface area contributed by atoms with Crippen LogP contribution < -0.4 is 5.32 Å². The van der Waals surface area contributed by atoms with E-state index in [0.717, 1.165) is 11.8 Å². The minimum atomic E-state index is -1.77. The van der Waals surface area contributed by atoms with E-state index in [1.165, 1.54) is 13.1 Å². The molecule has 1 aliphatic rings. The maximum Gasteiger partial charge on any atom is 0.321 e. The Hall–Kier alpha value is -1.81. The maximum absolute atomic E-state index is 11.1. The zero-order valence-electron chi connectivity index (χ0n) is 13.9. The number of carbonyl (C=O) groups is 2. The number of nitrogens with zero attached hydrogens (tertiary/aromatic N) is 2. The first-order valence-electron chi connectivity index (χ1n) is 7.47. The summed E-state index contributed by atoms with van der Waals surface area (Å²) in [6.07, 6.45) is 2.56. The van der Waals surface area contributed by atoms with Gasteiger partial charge in [0, 0.05) is 6.54 Å². The van der Waals surface area contributed by atoms with Crippen LogP contribution in [0, 0.1) is 15.5 Å². The van der Waals surface area contributed by atoms with Crippen molar-refractivity contribution in [3.8, 4) is 0 Å². The van der Waals surface area contributed by atoms with Gasteiger partial charge in [0.05, 0.1) is 11.1 Å². The Morgan fingerprint density at radius 3 is 2.46 bits per heavy atom. The van der Waals surface area contributed by atoms with E-state index in [9.17, 15) is 19.7 Å². The highest BCUT2D eigenvalue weighted by molar-refractivity contribution is 8.04. The highest BCUT2D eigenvalue weighted by atomic mass is 32.2. The number of carboxylic acid groups (broad SMARTS) is 2. The first kappa shape index (κ1) is 20.2. The number of rotatable bonds is 10. The molecule has 10 heteroatoms. The van der Waals surface area contributed by atoms with Crippen LogP contribution in [-0.4, -0.2) is 57.0 Å². The number of unbranched alkanes of at least 4 members (excludes halogenated alkanes) is 1. The zero-order chi connectivity index (χ0) is 18.5. The summed E-state index contributed by atoms with van der Waals surface area (Å²) >= 11 is 1.15. The van der Waals surface area contributed by atoms with Crippen LogP contribution in [0.1, 0.15) is 33.1 Å². The van der Waals surface area contributed by atoms with Crippen molar-refractivity contribution in [3.05, 3.63) is 21.3 Å². The molecule has 0 aromatic heterocycles. The monoisotopic (exact) mass is 361 g/mol. The molecule has 0 saturated heterocycles. The van der Waals surface area contributed by atoms with E-state index in [1.54, 1.807) is 0 Å². The molecule has 0 bridgehead atoms. The molecule has 0 radical (unpaired) electrons. The molecule has 0 aromatic rings. The second kappa shape index (κ2) is 7.84. The minimum Gasteiger partial charge on any atom is -0.480 e. The Bertz CT molecular complexity index is 539. The maximum atomic E-state index is 11.1. The van der Waals surface area contributed by atoms with Gasteiger partial charge in [0.15, 0.2) is 5.41 Å². The second-order valence-electron chi connectivity index (χ2n) is 6.35. The molecule has 0 aromatic carbocycles. The van der Waals surface area contributed by atoms with Crippen molar-refractivity contribution in [3.63, 3.8) is 0 Å². The van der Waals surface area contributed by atoms with Gasteiger partial charge < -0.3 is 20.4 Å². The molecule has 136 valence electrons. The number of thioether (sulfide) groups is 1. The summed E-state index contributed by atoms with van der Waals surface area (Å²) < 4.78 is 0. The first-order chi connectivity index (χ1) is 11.0. The normalized spacial score (nSPS) is 20.6.